The topological polar surface area (TPSA) is 55.8 Å². The molecular weight excluding hydrogens is 287 g/mol. The van der Waals surface area contributed by atoms with Crippen molar-refractivity contribution in [3.63, 3.8) is 0 Å². The molecule has 0 spiro atoms. The first-order valence-electron chi connectivity index (χ1n) is 7.04. The number of aliphatic carboxylic acids is 1. The van der Waals surface area contributed by atoms with E-state index in [0.717, 1.165) is 0 Å². The maximum Gasteiger partial charge on any atom is 0.401 e. The van der Waals surface area contributed by atoms with Crippen LogP contribution >= 0.6 is 0 Å². The fourth-order valence-electron chi connectivity index (χ4n) is 2.62. The van der Waals surface area contributed by atoms with E-state index in [4.69, 9.17) is 0 Å². The van der Waals surface area contributed by atoms with Gasteiger partial charge >= 0.3 is 12.1 Å². The first-order chi connectivity index (χ1) is 9.52. The van der Waals surface area contributed by atoms with Crippen molar-refractivity contribution in [2.45, 2.75) is 38.5 Å². The molecule has 1 unspecified atom stereocenters. The van der Waals surface area contributed by atoms with E-state index in [1.807, 2.05) is 18.7 Å². The number of halogens is 3. The van der Waals surface area contributed by atoms with Gasteiger partial charge < -0.3 is 5.11 Å². The van der Waals surface area contributed by atoms with Crippen LogP contribution in [-0.2, 0) is 4.79 Å². The van der Waals surface area contributed by atoms with Crippen molar-refractivity contribution in [3.8, 4) is 0 Å². The third-order valence-electron chi connectivity index (χ3n) is 3.49. The standard InChI is InChI=1S/C13H24F3N3O2/c1-10(2)17-12(3,11(20)21)8-18-4-6-19(7-5-18)9-13(14,15)16/h10,17H,4-9H2,1-3H3,(H,20,21). The van der Waals surface area contributed by atoms with Gasteiger partial charge in [0.2, 0.25) is 0 Å². The summed E-state index contributed by atoms with van der Waals surface area (Å²) in [4.78, 5) is 14.7. The Bertz CT molecular complexity index is 355. The maximum atomic E-state index is 12.3. The van der Waals surface area contributed by atoms with Crippen molar-refractivity contribution in [1.82, 2.24) is 15.1 Å². The molecule has 0 aromatic heterocycles. The van der Waals surface area contributed by atoms with Gasteiger partial charge in [-0.3, -0.25) is 19.9 Å². The number of piperazine rings is 1. The number of carboxylic acid groups (broad SMARTS) is 1. The Morgan fingerprint density at radius 1 is 1.14 bits per heavy atom. The van der Waals surface area contributed by atoms with Gasteiger partial charge in [0.05, 0.1) is 6.54 Å². The summed E-state index contributed by atoms with van der Waals surface area (Å²) in [5.74, 6) is -0.950. The van der Waals surface area contributed by atoms with Gasteiger partial charge in [-0.15, -0.1) is 0 Å². The molecule has 1 rings (SSSR count). The van der Waals surface area contributed by atoms with Crippen LogP contribution in [0.15, 0.2) is 0 Å². The van der Waals surface area contributed by atoms with E-state index in [-0.39, 0.29) is 12.6 Å². The van der Waals surface area contributed by atoms with Crippen LogP contribution in [-0.4, -0.2) is 77.9 Å². The average Bonchev–Trinajstić information content (AvgIpc) is 2.28. The summed E-state index contributed by atoms with van der Waals surface area (Å²) in [5.41, 5.74) is -1.10. The SMILES string of the molecule is CC(C)NC(C)(CN1CCN(CC(F)(F)F)CC1)C(=O)O. The van der Waals surface area contributed by atoms with Gasteiger partial charge in [0, 0.05) is 38.8 Å². The van der Waals surface area contributed by atoms with E-state index in [9.17, 15) is 23.1 Å². The Balaban J connectivity index is 2.52. The molecular formula is C13H24F3N3O2. The second-order valence-corrected chi connectivity index (χ2v) is 6.10. The molecule has 5 nitrogen and oxygen atoms in total. The van der Waals surface area contributed by atoms with Crippen molar-refractivity contribution in [1.29, 1.82) is 0 Å². The number of hydrogen-bond acceptors (Lipinski definition) is 4. The summed E-state index contributed by atoms with van der Waals surface area (Å²) < 4.78 is 36.9. The first kappa shape index (κ1) is 18.2. The third kappa shape index (κ3) is 6.19. The molecule has 0 aliphatic carbocycles. The normalized spacial score (nSPS) is 21.5. The van der Waals surface area contributed by atoms with Gasteiger partial charge in [0.15, 0.2) is 0 Å². The molecule has 0 amide bonds. The largest absolute Gasteiger partial charge is 0.480 e. The van der Waals surface area contributed by atoms with E-state index < -0.39 is 24.2 Å². The maximum absolute atomic E-state index is 12.3. The van der Waals surface area contributed by atoms with Crippen LogP contribution in [0.3, 0.4) is 0 Å². The van der Waals surface area contributed by atoms with Gasteiger partial charge in [-0.05, 0) is 20.8 Å². The third-order valence-corrected chi connectivity index (χ3v) is 3.49. The molecule has 0 aromatic rings. The van der Waals surface area contributed by atoms with Gasteiger partial charge in [-0.1, -0.05) is 0 Å². The van der Waals surface area contributed by atoms with E-state index in [0.29, 0.717) is 26.2 Å². The second kappa shape index (κ2) is 6.93. The fourth-order valence-corrected chi connectivity index (χ4v) is 2.62. The lowest BCUT2D eigenvalue weighted by Crippen LogP contribution is -2.61. The Kier molecular flexibility index (Phi) is 6.01. The lowest BCUT2D eigenvalue weighted by atomic mass is 10.00. The predicted molar refractivity (Wildman–Crippen MR) is 73.2 cm³/mol. The van der Waals surface area contributed by atoms with E-state index in [1.165, 1.54) is 4.90 Å². The Labute approximate surface area is 123 Å². The molecule has 124 valence electrons. The van der Waals surface area contributed by atoms with Crippen molar-refractivity contribution in [2.75, 3.05) is 39.3 Å². The number of nitrogens with zero attached hydrogens (tertiary/aromatic N) is 2. The van der Waals surface area contributed by atoms with Crippen LogP contribution in [0.25, 0.3) is 0 Å². The van der Waals surface area contributed by atoms with Crippen molar-refractivity contribution >= 4 is 5.97 Å². The van der Waals surface area contributed by atoms with Gasteiger partial charge in [-0.25, -0.2) is 0 Å². The van der Waals surface area contributed by atoms with Crippen LogP contribution in [0.5, 0.6) is 0 Å². The molecule has 1 heterocycles. The highest BCUT2D eigenvalue weighted by Crippen LogP contribution is 2.18. The molecule has 21 heavy (non-hydrogen) atoms. The molecule has 1 saturated heterocycles. The van der Waals surface area contributed by atoms with Crippen molar-refractivity contribution < 1.29 is 23.1 Å². The summed E-state index contributed by atoms with van der Waals surface area (Å²) >= 11 is 0. The molecule has 1 atom stereocenters. The van der Waals surface area contributed by atoms with Crippen LogP contribution in [0.1, 0.15) is 20.8 Å². The van der Waals surface area contributed by atoms with Gasteiger partial charge in [-0.2, -0.15) is 13.2 Å². The van der Waals surface area contributed by atoms with E-state index in [1.54, 1.807) is 6.92 Å². The molecule has 1 aliphatic rings. The molecule has 0 bridgehead atoms. The molecule has 8 heteroatoms. The Morgan fingerprint density at radius 2 is 1.57 bits per heavy atom. The zero-order valence-electron chi connectivity index (χ0n) is 12.7. The quantitative estimate of drug-likeness (QED) is 0.767. The first-order valence-corrected chi connectivity index (χ1v) is 7.04. The zero-order chi connectivity index (χ0) is 16.3. The number of rotatable bonds is 6. The summed E-state index contributed by atoms with van der Waals surface area (Å²) in [6.07, 6.45) is -4.18. The summed E-state index contributed by atoms with van der Waals surface area (Å²) in [5, 5.41) is 12.4. The molecule has 0 aromatic carbocycles. The zero-order valence-corrected chi connectivity index (χ0v) is 12.7. The minimum absolute atomic E-state index is 0.0117. The average molecular weight is 311 g/mol. The lowest BCUT2D eigenvalue weighted by Gasteiger charge is -2.39. The fraction of sp³-hybridized carbons (Fsp3) is 0.923. The molecule has 0 saturated carbocycles. The number of carboxylic acids is 1. The Hall–Kier alpha value is -0.860. The summed E-state index contributed by atoms with van der Waals surface area (Å²) in [6.45, 7) is 6.20. The lowest BCUT2D eigenvalue weighted by molar-refractivity contribution is -0.150. The molecule has 0 radical (unpaired) electrons. The van der Waals surface area contributed by atoms with E-state index >= 15 is 0 Å². The monoisotopic (exact) mass is 311 g/mol. The number of hydrogen-bond donors (Lipinski definition) is 2. The highest BCUT2D eigenvalue weighted by atomic mass is 19.4. The van der Waals surface area contributed by atoms with E-state index in [2.05, 4.69) is 5.32 Å². The predicted octanol–water partition coefficient (Wildman–Crippen LogP) is 1.01. The Morgan fingerprint density at radius 3 is 1.90 bits per heavy atom. The van der Waals surface area contributed by atoms with Crippen molar-refractivity contribution in [2.24, 2.45) is 0 Å². The van der Waals surface area contributed by atoms with Gasteiger partial charge in [0.25, 0.3) is 0 Å². The molecule has 2 N–H and O–H groups in total. The smallest absolute Gasteiger partial charge is 0.401 e. The van der Waals surface area contributed by atoms with Gasteiger partial charge in [0.1, 0.15) is 5.54 Å². The van der Waals surface area contributed by atoms with Crippen LogP contribution in [0.4, 0.5) is 13.2 Å². The number of carbonyl (C=O) groups is 1. The summed E-state index contributed by atoms with van der Waals surface area (Å²) in [7, 11) is 0. The minimum atomic E-state index is -4.18. The second-order valence-electron chi connectivity index (χ2n) is 6.10. The highest BCUT2D eigenvalue weighted by molar-refractivity contribution is 5.78. The molecule has 1 fully saturated rings. The summed E-state index contributed by atoms with van der Waals surface area (Å²) in [6, 6.07) is 0.0117. The molecule has 1 aliphatic heterocycles. The minimum Gasteiger partial charge on any atom is -0.480 e. The van der Waals surface area contributed by atoms with Crippen molar-refractivity contribution in [3.05, 3.63) is 0 Å². The van der Waals surface area contributed by atoms with Crippen LogP contribution < -0.4 is 5.32 Å². The van der Waals surface area contributed by atoms with Crippen LogP contribution in [0.2, 0.25) is 0 Å². The highest BCUT2D eigenvalue weighted by Gasteiger charge is 2.37. The number of nitrogens with one attached hydrogen (secondary N) is 1. The number of alkyl halides is 3. The van der Waals surface area contributed by atoms with Crippen LogP contribution in [0, 0.1) is 0 Å².